The summed E-state index contributed by atoms with van der Waals surface area (Å²) >= 11 is 0. The Bertz CT molecular complexity index is 193. The lowest BCUT2D eigenvalue weighted by Gasteiger charge is -2.32. The summed E-state index contributed by atoms with van der Waals surface area (Å²) in [6, 6.07) is 0.517. The second-order valence-electron chi connectivity index (χ2n) is 5.76. The Labute approximate surface area is 113 Å². The molecule has 1 fully saturated rings. The third-order valence-electron chi connectivity index (χ3n) is 4.06. The number of hydrogen-bond donors (Lipinski definition) is 1. The first kappa shape index (κ1) is 15.9. The van der Waals surface area contributed by atoms with E-state index in [-0.39, 0.29) is 0 Å². The molecule has 0 radical (unpaired) electrons. The molecule has 108 valence electrons. The van der Waals surface area contributed by atoms with Crippen LogP contribution in [-0.2, 0) is 4.74 Å². The zero-order valence-electron chi connectivity index (χ0n) is 12.6. The van der Waals surface area contributed by atoms with Crippen LogP contribution in [0, 0.1) is 5.92 Å². The maximum absolute atomic E-state index is 5.36. The molecule has 0 aromatic carbocycles. The van der Waals surface area contributed by atoms with Crippen molar-refractivity contribution in [2.45, 2.75) is 51.5 Å². The molecule has 1 atom stereocenters. The van der Waals surface area contributed by atoms with Gasteiger partial charge in [0, 0.05) is 26.2 Å². The molecular formula is C15H32N2O. The predicted octanol–water partition coefficient (Wildman–Crippen LogP) is 2.51. The van der Waals surface area contributed by atoms with E-state index in [0.717, 1.165) is 25.6 Å². The molecule has 0 aromatic heterocycles. The van der Waals surface area contributed by atoms with Crippen LogP contribution < -0.4 is 5.32 Å². The van der Waals surface area contributed by atoms with Crippen LogP contribution in [0.15, 0.2) is 0 Å². The Morgan fingerprint density at radius 2 is 2.00 bits per heavy atom. The van der Waals surface area contributed by atoms with Crippen LogP contribution in [0.3, 0.4) is 0 Å². The lowest BCUT2D eigenvalue weighted by atomic mass is 9.89. The molecule has 1 unspecified atom stereocenters. The van der Waals surface area contributed by atoms with E-state index in [4.69, 9.17) is 4.74 Å². The number of methoxy groups -OCH3 is 1. The van der Waals surface area contributed by atoms with E-state index in [1.807, 2.05) is 0 Å². The van der Waals surface area contributed by atoms with E-state index in [1.165, 1.54) is 45.1 Å². The number of ether oxygens (including phenoxy) is 1. The van der Waals surface area contributed by atoms with Gasteiger partial charge in [0.1, 0.15) is 0 Å². The lowest BCUT2D eigenvalue weighted by Crippen LogP contribution is -2.45. The number of nitrogens with one attached hydrogen (secondary N) is 1. The van der Waals surface area contributed by atoms with Gasteiger partial charge in [-0.2, -0.15) is 0 Å². The summed E-state index contributed by atoms with van der Waals surface area (Å²) in [5, 5.41) is 3.52. The van der Waals surface area contributed by atoms with Crippen LogP contribution in [0.5, 0.6) is 0 Å². The predicted molar refractivity (Wildman–Crippen MR) is 78.0 cm³/mol. The Morgan fingerprint density at radius 1 is 1.28 bits per heavy atom. The average Bonchev–Trinajstić information content (AvgIpc) is 2.39. The molecule has 1 rings (SSSR count). The molecular weight excluding hydrogens is 224 g/mol. The van der Waals surface area contributed by atoms with Gasteiger partial charge in [0.25, 0.3) is 0 Å². The van der Waals surface area contributed by atoms with Crippen molar-refractivity contribution in [1.82, 2.24) is 10.2 Å². The average molecular weight is 256 g/mol. The Hall–Kier alpha value is -0.120. The second-order valence-corrected chi connectivity index (χ2v) is 5.76. The number of nitrogens with zero attached hydrogens (tertiary/aromatic N) is 1. The van der Waals surface area contributed by atoms with Crippen LogP contribution in [0.4, 0.5) is 0 Å². The van der Waals surface area contributed by atoms with Crippen molar-refractivity contribution in [3.63, 3.8) is 0 Å². The van der Waals surface area contributed by atoms with Gasteiger partial charge >= 0.3 is 0 Å². The van der Waals surface area contributed by atoms with Crippen molar-refractivity contribution in [2.75, 3.05) is 40.4 Å². The highest BCUT2D eigenvalue weighted by Crippen LogP contribution is 2.24. The van der Waals surface area contributed by atoms with Crippen LogP contribution in [-0.4, -0.2) is 51.3 Å². The Morgan fingerprint density at radius 3 is 2.61 bits per heavy atom. The first-order valence-corrected chi connectivity index (χ1v) is 7.67. The first-order valence-electron chi connectivity index (χ1n) is 7.67. The Kier molecular flexibility index (Phi) is 8.64. The molecule has 0 amide bonds. The van der Waals surface area contributed by atoms with E-state index in [0.29, 0.717) is 6.04 Å². The van der Waals surface area contributed by atoms with Crippen LogP contribution in [0.2, 0.25) is 0 Å². The zero-order chi connectivity index (χ0) is 13.2. The smallest absolute Gasteiger partial charge is 0.0630 e. The summed E-state index contributed by atoms with van der Waals surface area (Å²) < 4.78 is 5.36. The fourth-order valence-electron chi connectivity index (χ4n) is 2.91. The van der Waals surface area contributed by atoms with Crippen LogP contribution >= 0.6 is 0 Å². The van der Waals surface area contributed by atoms with Crippen molar-refractivity contribution in [3.8, 4) is 0 Å². The highest BCUT2D eigenvalue weighted by atomic mass is 16.5. The minimum Gasteiger partial charge on any atom is -0.383 e. The molecule has 1 saturated carbocycles. The molecule has 0 aliphatic heterocycles. The van der Waals surface area contributed by atoms with Gasteiger partial charge in [0.05, 0.1) is 6.61 Å². The molecule has 0 spiro atoms. The molecule has 0 bridgehead atoms. The number of rotatable bonds is 9. The second kappa shape index (κ2) is 9.76. The van der Waals surface area contributed by atoms with E-state index < -0.39 is 0 Å². The van der Waals surface area contributed by atoms with Gasteiger partial charge in [0.2, 0.25) is 0 Å². The normalized spacial score (nSPS) is 19.3. The number of hydrogen-bond acceptors (Lipinski definition) is 3. The molecule has 1 N–H and O–H groups in total. The van der Waals surface area contributed by atoms with Gasteiger partial charge in [-0.3, -0.25) is 4.90 Å². The van der Waals surface area contributed by atoms with Gasteiger partial charge in [-0.15, -0.1) is 0 Å². The molecule has 18 heavy (non-hydrogen) atoms. The molecule has 0 saturated heterocycles. The standard InChI is InChI=1S/C15H32N2O/c1-4-10-16-11-15(13-18-3)17(2)12-14-8-6-5-7-9-14/h14-16H,4-13H2,1-3H3. The maximum Gasteiger partial charge on any atom is 0.0630 e. The van der Waals surface area contributed by atoms with Crippen molar-refractivity contribution >= 4 is 0 Å². The fourth-order valence-corrected chi connectivity index (χ4v) is 2.91. The topological polar surface area (TPSA) is 24.5 Å². The molecule has 0 aromatic rings. The van der Waals surface area contributed by atoms with Crippen molar-refractivity contribution < 1.29 is 4.74 Å². The summed E-state index contributed by atoms with van der Waals surface area (Å²) in [6.45, 7) is 6.44. The van der Waals surface area contributed by atoms with Crippen molar-refractivity contribution in [3.05, 3.63) is 0 Å². The van der Waals surface area contributed by atoms with E-state index >= 15 is 0 Å². The summed E-state index contributed by atoms with van der Waals surface area (Å²) in [6.07, 6.45) is 8.35. The molecule has 0 heterocycles. The fraction of sp³-hybridized carbons (Fsp3) is 1.00. The maximum atomic E-state index is 5.36. The minimum atomic E-state index is 0.517. The van der Waals surface area contributed by atoms with Crippen LogP contribution in [0.25, 0.3) is 0 Å². The van der Waals surface area contributed by atoms with Gasteiger partial charge in [0.15, 0.2) is 0 Å². The summed E-state index contributed by atoms with van der Waals surface area (Å²) in [5.74, 6) is 0.911. The summed E-state index contributed by atoms with van der Waals surface area (Å²) in [4.78, 5) is 2.50. The molecule has 3 heteroatoms. The van der Waals surface area contributed by atoms with E-state index in [2.05, 4.69) is 24.2 Å². The minimum absolute atomic E-state index is 0.517. The molecule has 1 aliphatic rings. The zero-order valence-corrected chi connectivity index (χ0v) is 12.6. The summed E-state index contributed by atoms with van der Waals surface area (Å²) in [7, 11) is 4.06. The SMILES string of the molecule is CCCNCC(COC)N(C)CC1CCCCC1. The monoisotopic (exact) mass is 256 g/mol. The van der Waals surface area contributed by atoms with E-state index in [9.17, 15) is 0 Å². The van der Waals surface area contributed by atoms with Gasteiger partial charge in [-0.1, -0.05) is 26.2 Å². The van der Waals surface area contributed by atoms with E-state index in [1.54, 1.807) is 7.11 Å². The highest BCUT2D eigenvalue weighted by Gasteiger charge is 2.20. The van der Waals surface area contributed by atoms with Crippen molar-refractivity contribution in [1.29, 1.82) is 0 Å². The summed E-state index contributed by atoms with van der Waals surface area (Å²) in [5.41, 5.74) is 0. The van der Waals surface area contributed by atoms with Gasteiger partial charge < -0.3 is 10.1 Å². The quantitative estimate of drug-likeness (QED) is 0.642. The van der Waals surface area contributed by atoms with Gasteiger partial charge in [-0.25, -0.2) is 0 Å². The lowest BCUT2D eigenvalue weighted by molar-refractivity contribution is 0.0904. The first-order chi connectivity index (χ1) is 8.77. The Balaban J connectivity index is 2.29. The third kappa shape index (κ3) is 6.17. The van der Waals surface area contributed by atoms with Crippen molar-refractivity contribution in [2.24, 2.45) is 5.92 Å². The molecule has 3 nitrogen and oxygen atoms in total. The van der Waals surface area contributed by atoms with Gasteiger partial charge in [-0.05, 0) is 38.8 Å². The highest BCUT2D eigenvalue weighted by molar-refractivity contribution is 4.75. The molecule has 1 aliphatic carbocycles. The largest absolute Gasteiger partial charge is 0.383 e. The number of likely N-dealkylation sites (N-methyl/N-ethyl adjacent to an activating group) is 1. The third-order valence-corrected chi connectivity index (χ3v) is 4.06. The van der Waals surface area contributed by atoms with Crippen LogP contribution in [0.1, 0.15) is 45.4 Å².